The van der Waals surface area contributed by atoms with Crippen molar-refractivity contribution < 1.29 is 27.2 Å². The number of hydrogen-bond acceptors (Lipinski definition) is 8. The van der Waals surface area contributed by atoms with Crippen LogP contribution >= 0.6 is 11.3 Å². The van der Waals surface area contributed by atoms with Crippen LogP contribution in [0.3, 0.4) is 0 Å². The van der Waals surface area contributed by atoms with Gasteiger partial charge in [0, 0.05) is 31.4 Å². The number of carbonyl (C=O) groups excluding carboxylic acids is 2. The highest BCUT2D eigenvalue weighted by Gasteiger charge is 2.28. The number of esters is 1. The van der Waals surface area contributed by atoms with Gasteiger partial charge in [0.1, 0.15) is 17.4 Å². The summed E-state index contributed by atoms with van der Waals surface area (Å²) < 4.78 is 36.2. The Morgan fingerprint density at radius 3 is 2.73 bits per heavy atom. The van der Waals surface area contributed by atoms with Crippen LogP contribution in [0.1, 0.15) is 49.8 Å². The summed E-state index contributed by atoms with van der Waals surface area (Å²) in [6.45, 7) is -0.234. The molecule has 174 valence electrons. The number of amides is 1. The number of carbonyl (C=O) groups is 2. The van der Waals surface area contributed by atoms with Crippen molar-refractivity contribution in [3.05, 3.63) is 64.0 Å². The van der Waals surface area contributed by atoms with E-state index in [2.05, 4.69) is 10.3 Å². The Kier molecular flexibility index (Phi) is 6.63. The van der Waals surface area contributed by atoms with Crippen LogP contribution < -0.4 is 5.32 Å². The molecule has 0 spiro atoms. The fraction of sp³-hybridized carbons (Fsp3) is 0.318. The van der Waals surface area contributed by atoms with Gasteiger partial charge < -0.3 is 14.5 Å². The van der Waals surface area contributed by atoms with Gasteiger partial charge in [-0.05, 0) is 55.5 Å². The number of aryl methyl sites for hydroxylation is 1. The number of furan rings is 1. The standard InChI is InChI=1S/C22H23N3O6S2/c1-25(2)33(28,29)18-10-9-15(31-18)13-30-22(27)19-16-7-3-4-8-17(16)32-21(19)24-20(26)14-6-5-11-23-12-14/h5-6,9-12H,3-4,7-8,13H2,1-2H3,(H,24,26). The number of nitrogens with one attached hydrogen (secondary N) is 1. The zero-order valence-electron chi connectivity index (χ0n) is 18.2. The maximum absolute atomic E-state index is 13.1. The molecule has 4 rings (SSSR count). The Morgan fingerprint density at radius 1 is 1.21 bits per heavy atom. The molecule has 0 saturated carbocycles. The summed E-state index contributed by atoms with van der Waals surface area (Å²) in [5, 5.41) is 3.04. The van der Waals surface area contributed by atoms with E-state index < -0.39 is 16.0 Å². The predicted molar refractivity (Wildman–Crippen MR) is 122 cm³/mol. The average Bonchev–Trinajstić information content (AvgIpc) is 3.43. The predicted octanol–water partition coefficient (Wildman–Crippen LogP) is 3.47. The maximum Gasteiger partial charge on any atom is 0.341 e. The summed E-state index contributed by atoms with van der Waals surface area (Å²) in [7, 11) is -0.918. The van der Waals surface area contributed by atoms with E-state index in [1.807, 2.05) is 0 Å². The van der Waals surface area contributed by atoms with Crippen molar-refractivity contribution in [3.63, 3.8) is 0 Å². The van der Waals surface area contributed by atoms with Gasteiger partial charge in [0.2, 0.25) is 5.09 Å². The van der Waals surface area contributed by atoms with Gasteiger partial charge in [0.05, 0.1) is 11.1 Å². The molecule has 0 unspecified atom stereocenters. The Labute approximate surface area is 195 Å². The Morgan fingerprint density at radius 2 is 2.00 bits per heavy atom. The fourth-order valence-corrected chi connectivity index (χ4v) is 5.59. The topological polar surface area (TPSA) is 119 Å². The van der Waals surface area contributed by atoms with Crippen molar-refractivity contribution >= 4 is 38.2 Å². The molecular weight excluding hydrogens is 466 g/mol. The van der Waals surface area contributed by atoms with Gasteiger partial charge in [-0.3, -0.25) is 9.78 Å². The van der Waals surface area contributed by atoms with E-state index in [0.717, 1.165) is 40.4 Å². The number of ether oxygens (including phenoxy) is 1. The van der Waals surface area contributed by atoms with Crippen molar-refractivity contribution in [1.82, 2.24) is 9.29 Å². The second-order valence-electron chi connectivity index (χ2n) is 7.70. The van der Waals surface area contributed by atoms with E-state index in [1.54, 1.807) is 18.3 Å². The van der Waals surface area contributed by atoms with Crippen LogP contribution in [0.2, 0.25) is 0 Å². The van der Waals surface area contributed by atoms with E-state index >= 15 is 0 Å². The lowest BCUT2D eigenvalue weighted by molar-refractivity contribution is 0.0441. The number of sulfonamides is 1. The molecule has 1 aliphatic rings. The highest BCUT2D eigenvalue weighted by Crippen LogP contribution is 2.39. The first-order valence-corrected chi connectivity index (χ1v) is 12.6. The fourth-order valence-electron chi connectivity index (χ4n) is 3.51. The second-order valence-corrected chi connectivity index (χ2v) is 10.9. The number of fused-ring (bicyclic) bond motifs is 1. The van der Waals surface area contributed by atoms with Crippen LogP contribution in [0.25, 0.3) is 0 Å². The monoisotopic (exact) mass is 489 g/mol. The first-order chi connectivity index (χ1) is 15.8. The van der Waals surface area contributed by atoms with Gasteiger partial charge >= 0.3 is 5.97 Å². The lowest BCUT2D eigenvalue weighted by atomic mass is 9.95. The number of nitrogens with zero attached hydrogens (tertiary/aromatic N) is 2. The van der Waals surface area contributed by atoms with Gasteiger partial charge in [-0.25, -0.2) is 17.5 Å². The zero-order chi connectivity index (χ0) is 23.6. The van der Waals surface area contributed by atoms with Crippen LogP contribution in [0.5, 0.6) is 0 Å². The Bertz CT molecular complexity index is 1280. The van der Waals surface area contributed by atoms with Crippen molar-refractivity contribution in [2.45, 2.75) is 37.4 Å². The van der Waals surface area contributed by atoms with E-state index in [-0.39, 0.29) is 23.4 Å². The number of aromatic nitrogens is 1. The molecule has 0 saturated heterocycles. The third-order valence-electron chi connectivity index (χ3n) is 5.24. The van der Waals surface area contributed by atoms with Crippen LogP contribution in [-0.2, 0) is 34.2 Å². The number of rotatable bonds is 7. The molecule has 0 fully saturated rings. The average molecular weight is 490 g/mol. The summed E-state index contributed by atoms with van der Waals surface area (Å²) in [6.07, 6.45) is 6.57. The molecule has 1 amide bonds. The number of pyridine rings is 1. The summed E-state index contributed by atoms with van der Waals surface area (Å²) in [6, 6.07) is 6.09. The van der Waals surface area contributed by atoms with E-state index in [9.17, 15) is 18.0 Å². The van der Waals surface area contributed by atoms with Gasteiger partial charge in [-0.15, -0.1) is 11.3 Å². The third-order valence-corrected chi connectivity index (χ3v) is 8.14. The summed E-state index contributed by atoms with van der Waals surface area (Å²) in [5.41, 5.74) is 1.63. The molecule has 0 aliphatic heterocycles. The van der Waals surface area contributed by atoms with Gasteiger partial charge in [0.25, 0.3) is 15.9 Å². The highest BCUT2D eigenvalue weighted by molar-refractivity contribution is 7.88. The minimum atomic E-state index is -3.72. The SMILES string of the molecule is CN(C)S(=O)(=O)c1ccc(COC(=O)c2c(NC(=O)c3cccnc3)sc3c2CCCC3)o1. The molecule has 11 heteroatoms. The summed E-state index contributed by atoms with van der Waals surface area (Å²) in [4.78, 5) is 30.7. The first kappa shape index (κ1) is 23.1. The van der Waals surface area contributed by atoms with Crippen molar-refractivity contribution in [1.29, 1.82) is 0 Å². The van der Waals surface area contributed by atoms with Crippen molar-refractivity contribution in [2.75, 3.05) is 19.4 Å². The second kappa shape index (κ2) is 9.46. The van der Waals surface area contributed by atoms with E-state index in [0.29, 0.717) is 16.1 Å². The van der Waals surface area contributed by atoms with Crippen molar-refractivity contribution in [2.24, 2.45) is 0 Å². The Hall–Kier alpha value is -3.02. The summed E-state index contributed by atoms with van der Waals surface area (Å²) >= 11 is 1.38. The maximum atomic E-state index is 13.1. The van der Waals surface area contributed by atoms with Crippen LogP contribution in [0.15, 0.2) is 46.2 Å². The lowest BCUT2D eigenvalue weighted by Gasteiger charge is -2.12. The normalized spacial score (nSPS) is 13.5. The largest absolute Gasteiger partial charge is 0.454 e. The molecule has 0 bridgehead atoms. The van der Waals surface area contributed by atoms with Crippen molar-refractivity contribution in [3.8, 4) is 0 Å². The van der Waals surface area contributed by atoms with Gasteiger partial charge in [0.15, 0.2) is 0 Å². The molecule has 9 nitrogen and oxygen atoms in total. The smallest absolute Gasteiger partial charge is 0.341 e. The molecule has 3 aromatic rings. The molecule has 1 N–H and O–H groups in total. The zero-order valence-corrected chi connectivity index (χ0v) is 19.8. The highest BCUT2D eigenvalue weighted by atomic mass is 32.2. The number of thiophene rings is 1. The van der Waals surface area contributed by atoms with Crippen LogP contribution in [0, 0.1) is 0 Å². The van der Waals surface area contributed by atoms with Crippen LogP contribution in [-0.4, -0.2) is 43.7 Å². The summed E-state index contributed by atoms with van der Waals surface area (Å²) in [5.74, 6) is -0.751. The Balaban J connectivity index is 1.54. The van der Waals surface area contributed by atoms with Gasteiger partial charge in [-0.1, -0.05) is 0 Å². The lowest BCUT2D eigenvalue weighted by Crippen LogP contribution is -2.21. The molecule has 1 aliphatic carbocycles. The van der Waals surface area contributed by atoms with E-state index in [1.165, 1.54) is 43.8 Å². The third kappa shape index (κ3) is 4.85. The quantitative estimate of drug-likeness (QED) is 0.505. The molecule has 0 radical (unpaired) electrons. The van der Waals surface area contributed by atoms with Crippen LogP contribution in [0.4, 0.5) is 5.00 Å². The minimum Gasteiger partial charge on any atom is -0.454 e. The molecule has 33 heavy (non-hydrogen) atoms. The molecular formula is C22H23N3O6S2. The first-order valence-electron chi connectivity index (χ1n) is 10.3. The molecule has 0 atom stereocenters. The van der Waals surface area contributed by atoms with Gasteiger partial charge in [-0.2, -0.15) is 0 Å². The molecule has 3 aromatic heterocycles. The molecule has 0 aromatic carbocycles. The molecule has 3 heterocycles. The van der Waals surface area contributed by atoms with E-state index in [4.69, 9.17) is 9.15 Å². The number of anilines is 1. The number of hydrogen-bond donors (Lipinski definition) is 1. The minimum absolute atomic E-state index is 0.203.